The first-order valence-corrected chi connectivity index (χ1v) is 11.5. The van der Waals surface area contributed by atoms with Crippen molar-refractivity contribution >= 4 is 45.9 Å². The zero-order chi connectivity index (χ0) is 22.5. The molecule has 2 N–H and O–H groups in total. The van der Waals surface area contributed by atoms with E-state index in [1.54, 1.807) is 24.0 Å². The summed E-state index contributed by atoms with van der Waals surface area (Å²) in [5.41, 5.74) is 1.64. The number of nitrogens with one attached hydrogen (secondary N) is 1. The Bertz CT molecular complexity index is 1150. The van der Waals surface area contributed by atoms with Crippen molar-refractivity contribution in [3.8, 4) is 0 Å². The number of nitrogens with zero attached hydrogens (tertiary/aromatic N) is 5. The first-order valence-electron chi connectivity index (χ1n) is 10.8. The molecule has 1 aromatic carbocycles. The lowest BCUT2D eigenvalue weighted by atomic mass is 9.85. The zero-order valence-corrected chi connectivity index (χ0v) is 19.6. The van der Waals surface area contributed by atoms with Gasteiger partial charge in [0.1, 0.15) is 5.82 Å². The highest BCUT2D eigenvalue weighted by Crippen LogP contribution is 2.38. The maximum Gasteiger partial charge on any atom is 0.228 e. The van der Waals surface area contributed by atoms with Crippen LogP contribution in [0.2, 0.25) is 10.2 Å². The first kappa shape index (κ1) is 21.9. The van der Waals surface area contributed by atoms with Crippen LogP contribution in [0.1, 0.15) is 31.2 Å². The molecule has 0 saturated carbocycles. The summed E-state index contributed by atoms with van der Waals surface area (Å²) < 4.78 is 7.16. The summed E-state index contributed by atoms with van der Waals surface area (Å²) in [5, 5.41) is 19.7. The van der Waals surface area contributed by atoms with Gasteiger partial charge in [-0.1, -0.05) is 23.2 Å². The van der Waals surface area contributed by atoms with Crippen molar-refractivity contribution in [1.29, 1.82) is 0 Å². The van der Waals surface area contributed by atoms with Crippen LogP contribution >= 0.6 is 23.2 Å². The molecule has 2 aliphatic rings. The highest BCUT2D eigenvalue weighted by atomic mass is 35.5. The van der Waals surface area contributed by atoms with Gasteiger partial charge in [0.25, 0.3) is 0 Å². The summed E-state index contributed by atoms with van der Waals surface area (Å²) >= 11 is 12.6. The normalized spacial score (nSPS) is 25.0. The van der Waals surface area contributed by atoms with Crippen molar-refractivity contribution in [1.82, 2.24) is 24.6 Å². The van der Waals surface area contributed by atoms with Gasteiger partial charge in [0, 0.05) is 29.7 Å². The predicted molar refractivity (Wildman–Crippen MR) is 125 cm³/mol. The SMILES string of the molecule is Cn1nc(Cl)cc1Nc1ncc2cc(Cl)c(C3CCN([C@]4(C)COCC4O)CC3)cc2n1. The van der Waals surface area contributed by atoms with Crippen molar-refractivity contribution in [3.63, 3.8) is 0 Å². The third-order valence-corrected chi connectivity index (χ3v) is 7.35. The predicted octanol–water partition coefficient (Wildman–Crippen LogP) is 3.74. The fourth-order valence-electron chi connectivity index (χ4n) is 4.76. The van der Waals surface area contributed by atoms with Crippen LogP contribution in [0.25, 0.3) is 10.9 Å². The second-order valence-electron chi connectivity index (χ2n) is 8.88. The topological polar surface area (TPSA) is 88.3 Å². The molecule has 2 atom stereocenters. The van der Waals surface area contributed by atoms with E-state index >= 15 is 0 Å². The Morgan fingerprint density at radius 3 is 2.66 bits per heavy atom. The van der Waals surface area contributed by atoms with Crippen LogP contribution in [0, 0.1) is 0 Å². The first-order chi connectivity index (χ1) is 15.3. The minimum Gasteiger partial charge on any atom is -0.389 e. The van der Waals surface area contributed by atoms with Gasteiger partial charge in [0.15, 0.2) is 5.15 Å². The van der Waals surface area contributed by atoms with Gasteiger partial charge in [-0.25, -0.2) is 9.97 Å². The van der Waals surface area contributed by atoms with Crippen LogP contribution in [0.4, 0.5) is 11.8 Å². The van der Waals surface area contributed by atoms with E-state index in [4.69, 9.17) is 32.9 Å². The summed E-state index contributed by atoms with van der Waals surface area (Å²) in [6, 6.07) is 5.75. The van der Waals surface area contributed by atoms with Gasteiger partial charge in [-0.2, -0.15) is 5.10 Å². The second kappa shape index (κ2) is 8.43. The Balaban J connectivity index is 1.36. The quantitative estimate of drug-likeness (QED) is 0.592. The molecule has 0 radical (unpaired) electrons. The van der Waals surface area contributed by atoms with E-state index in [9.17, 15) is 5.11 Å². The smallest absolute Gasteiger partial charge is 0.228 e. The minimum atomic E-state index is -0.444. The summed E-state index contributed by atoms with van der Waals surface area (Å²) in [7, 11) is 1.80. The molecule has 2 aliphatic heterocycles. The second-order valence-corrected chi connectivity index (χ2v) is 9.67. The molecule has 32 heavy (non-hydrogen) atoms. The van der Waals surface area contributed by atoms with Crippen LogP contribution in [0.3, 0.4) is 0 Å². The molecule has 1 unspecified atom stereocenters. The molecule has 2 saturated heterocycles. The molecular weight excluding hydrogens is 451 g/mol. The third-order valence-electron chi connectivity index (χ3n) is 6.83. The largest absolute Gasteiger partial charge is 0.389 e. The van der Waals surface area contributed by atoms with E-state index in [-0.39, 0.29) is 5.54 Å². The van der Waals surface area contributed by atoms with E-state index in [0.717, 1.165) is 47.4 Å². The van der Waals surface area contributed by atoms with Crippen LogP contribution in [-0.4, -0.2) is 67.7 Å². The number of likely N-dealkylation sites (tertiary alicyclic amines) is 1. The van der Waals surface area contributed by atoms with Crippen molar-refractivity contribution in [2.24, 2.45) is 7.05 Å². The average molecular weight is 477 g/mol. The van der Waals surface area contributed by atoms with Gasteiger partial charge in [-0.15, -0.1) is 0 Å². The Labute approximate surface area is 196 Å². The molecule has 2 fully saturated rings. The number of hydrogen-bond acceptors (Lipinski definition) is 7. The fourth-order valence-corrected chi connectivity index (χ4v) is 5.30. The van der Waals surface area contributed by atoms with Gasteiger partial charge in [0.05, 0.1) is 30.4 Å². The number of ether oxygens (including phenoxy) is 1. The number of aromatic nitrogens is 4. The highest BCUT2D eigenvalue weighted by Gasteiger charge is 2.45. The van der Waals surface area contributed by atoms with Gasteiger partial charge >= 0.3 is 0 Å². The van der Waals surface area contributed by atoms with Crippen molar-refractivity contribution in [2.45, 2.75) is 37.3 Å². The van der Waals surface area contributed by atoms with Crippen molar-refractivity contribution < 1.29 is 9.84 Å². The van der Waals surface area contributed by atoms with Crippen molar-refractivity contribution in [2.75, 3.05) is 31.6 Å². The number of fused-ring (bicyclic) bond motifs is 1. The molecule has 0 aliphatic carbocycles. The van der Waals surface area contributed by atoms with Crippen LogP contribution < -0.4 is 5.32 Å². The van der Waals surface area contributed by atoms with E-state index in [1.807, 2.05) is 6.07 Å². The Kier molecular flexibility index (Phi) is 5.75. The molecular formula is C22H26Cl2N6O2. The summed E-state index contributed by atoms with van der Waals surface area (Å²) in [6.07, 6.45) is 3.26. The summed E-state index contributed by atoms with van der Waals surface area (Å²) in [6.45, 7) is 4.87. The van der Waals surface area contributed by atoms with Crippen molar-refractivity contribution in [3.05, 3.63) is 40.1 Å². The van der Waals surface area contributed by atoms with E-state index < -0.39 is 6.10 Å². The maximum absolute atomic E-state index is 10.4. The lowest BCUT2D eigenvalue weighted by Crippen LogP contribution is -2.56. The Morgan fingerprint density at radius 1 is 1.22 bits per heavy atom. The monoisotopic (exact) mass is 476 g/mol. The Morgan fingerprint density at radius 2 is 2.00 bits per heavy atom. The molecule has 170 valence electrons. The molecule has 0 amide bonds. The number of rotatable bonds is 4. The van der Waals surface area contributed by atoms with Crippen LogP contribution in [0.5, 0.6) is 0 Å². The van der Waals surface area contributed by atoms with Crippen LogP contribution in [0.15, 0.2) is 24.4 Å². The van der Waals surface area contributed by atoms with Gasteiger partial charge in [-0.05, 0) is 56.5 Å². The minimum absolute atomic E-state index is 0.305. The molecule has 0 bridgehead atoms. The highest BCUT2D eigenvalue weighted by molar-refractivity contribution is 6.32. The lowest BCUT2D eigenvalue weighted by molar-refractivity contribution is -0.00211. The molecule has 0 spiro atoms. The number of anilines is 2. The third kappa shape index (κ3) is 3.95. The molecule has 10 heteroatoms. The van der Waals surface area contributed by atoms with E-state index in [0.29, 0.717) is 36.1 Å². The zero-order valence-electron chi connectivity index (χ0n) is 18.1. The number of halogens is 2. The average Bonchev–Trinajstić information content (AvgIpc) is 3.28. The maximum atomic E-state index is 10.4. The molecule has 8 nitrogen and oxygen atoms in total. The summed E-state index contributed by atoms with van der Waals surface area (Å²) in [4.78, 5) is 11.4. The molecule has 4 heterocycles. The van der Waals surface area contributed by atoms with Gasteiger partial charge < -0.3 is 15.2 Å². The fraction of sp³-hybridized carbons (Fsp3) is 0.500. The molecule has 5 rings (SSSR count). The summed E-state index contributed by atoms with van der Waals surface area (Å²) in [5.74, 6) is 1.53. The number of aliphatic hydroxyl groups is 1. The number of aliphatic hydroxyl groups excluding tert-OH is 1. The van der Waals surface area contributed by atoms with Crippen LogP contribution in [-0.2, 0) is 11.8 Å². The number of benzene rings is 1. The molecule has 3 aromatic rings. The van der Waals surface area contributed by atoms with Gasteiger partial charge in [0.2, 0.25) is 5.95 Å². The number of hydrogen-bond donors (Lipinski definition) is 2. The standard InChI is InChI=1S/C22H26Cl2N6O2/c1-22(12-32-11-18(22)31)30-5-3-13(4-6-30)15-8-17-14(7-16(15)23)10-25-21(26-17)27-20-9-19(24)28-29(20)2/h7-10,13,18,31H,3-6,11-12H2,1-2H3,(H,25,26,27)/t18?,22-/m1/s1. The Hall–Kier alpha value is -1.97. The van der Waals surface area contributed by atoms with E-state index in [2.05, 4.69) is 33.3 Å². The lowest BCUT2D eigenvalue weighted by Gasteiger charge is -2.43. The number of piperidine rings is 1. The molecule has 2 aromatic heterocycles. The van der Waals surface area contributed by atoms with E-state index in [1.165, 1.54) is 0 Å². The number of aryl methyl sites for hydroxylation is 1. The van der Waals surface area contributed by atoms with Gasteiger partial charge in [-0.3, -0.25) is 9.58 Å².